The summed E-state index contributed by atoms with van der Waals surface area (Å²) in [5.41, 5.74) is 0.406. The van der Waals surface area contributed by atoms with E-state index in [-0.39, 0.29) is 12.2 Å². The summed E-state index contributed by atoms with van der Waals surface area (Å²) in [6.45, 7) is 11.6. The van der Waals surface area contributed by atoms with E-state index in [1.807, 2.05) is 26.8 Å². The zero-order chi connectivity index (χ0) is 24.0. The minimum Gasteiger partial charge on any atom is -0.492 e. The third kappa shape index (κ3) is 6.82. The number of benzene rings is 1. The second-order valence-corrected chi connectivity index (χ2v) is 9.64. The van der Waals surface area contributed by atoms with E-state index in [1.54, 1.807) is 18.2 Å². The molecule has 2 saturated heterocycles. The number of carboxylic acid groups (broad SMARTS) is 1. The first kappa shape index (κ1) is 24.8. The summed E-state index contributed by atoms with van der Waals surface area (Å²) in [7, 11) is 0. The van der Waals surface area contributed by atoms with Gasteiger partial charge in [-0.15, -0.1) is 0 Å². The van der Waals surface area contributed by atoms with E-state index in [0.717, 1.165) is 39.1 Å². The van der Waals surface area contributed by atoms with E-state index in [9.17, 15) is 15.2 Å². The van der Waals surface area contributed by atoms with Crippen molar-refractivity contribution >= 4 is 6.09 Å². The molecule has 0 aromatic heterocycles. The topological polar surface area (TPSA) is 113 Å². The predicted octanol–water partition coefficient (Wildman–Crippen LogP) is 2.36. The molecular formula is C24H33N5O4. The molecule has 2 aliphatic heterocycles. The van der Waals surface area contributed by atoms with E-state index in [1.165, 1.54) is 4.90 Å². The van der Waals surface area contributed by atoms with E-state index in [4.69, 9.17) is 14.7 Å². The van der Waals surface area contributed by atoms with Crippen molar-refractivity contribution in [2.75, 3.05) is 52.4 Å². The number of rotatable bonds is 8. The van der Waals surface area contributed by atoms with Crippen LogP contribution in [0.25, 0.3) is 0 Å². The van der Waals surface area contributed by atoms with Gasteiger partial charge in [0.1, 0.15) is 11.8 Å². The van der Waals surface area contributed by atoms with Gasteiger partial charge in [-0.05, 0) is 45.4 Å². The number of nitrogens with zero attached hydrogens (tertiary/aromatic N) is 5. The first-order chi connectivity index (χ1) is 15.7. The number of hydrogen-bond acceptors (Lipinski definition) is 7. The Bertz CT molecular complexity index is 903. The zero-order valence-corrected chi connectivity index (χ0v) is 19.7. The van der Waals surface area contributed by atoms with Crippen molar-refractivity contribution in [1.29, 1.82) is 10.5 Å². The third-order valence-electron chi connectivity index (χ3n) is 6.02. The zero-order valence-electron chi connectivity index (χ0n) is 19.7. The summed E-state index contributed by atoms with van der Waals surface area (Å²) >= 11 is 0. The SMILES string of the molecule is CC(C)(C)N(CCN1CC2CN(CCCOc3ccc(C#N)cc3C#N)CC(C1)O2)C(=O)O. The third-order valence-corrected chi connectivity index (χ3v) is 6.02. The van der Waals surface area contributed by atoms with Crippen LogP contribution in [0.2, 0.25) is 0 Å². The highest BCUT2D eigenvalue weighted by Gasteiger charge is 2.35. The quantitative estimate of drug-likeness (QED) is 0.595. The maximum Gasteiger partial charge on any atom is 0.407 e. The van der Waals surface area contributed by atoms with E-state index < -0.39 is 11.6 Å². The number of nitriles is 2. The Balaban J connectivity index is 1.42. The monoisotopic (exact) mass is 455 g/mol. The highest BCUT2D eigenvalue weighted by atomic mass is 16.5. The number of amides is 1. The molecule has 3 rings (SSSR count). The Kier molecular flexibility index (Phi) is 8.15. The predicted molar refractivity (Wildman–Crippen MR) is 122 cm³/mol. The van der Waals surface area contributed by atoms with Crippen LogP contribution in [0.4, 0.5) is 4.79 Å². The van der Waals surface area contributed by atoms with Gasteiger partial charge in [0.25, 0.3) is 0 Å². The Morgan fingerprint density at radius 3 is 2.33 bits per heavy atom. The average molecular weight is 456 g/mol. The molecule has 9 heteroatoms. The van der Waals surface area contributed by atoms with Crippen LogP contribution >= 0.6 is 0 Å². The van der Waals surface area contributed by atoms with Crippen LogP contribution in [0.5, 0.6) is 5.75 Å². The van der Waals surface area contributed by atoms with Crippen LogP contribution in [-0.2, 0) is 4.74 Å². The van der Waals surface area contributed by atoms with Crippen molar-refractivity contribution in [1.82, 2.24) is 14.7 Å². The Labute approximate surface area is 195 Å². The summed E-state index contributed by atoms with van der Waals surface area (Å²) in [5, 5.41) is 27.7. The van der Waals surface area contributed by atoms with Crippen LogP contribution in [0.3, 0.4) is 0 Å². The van der Waals surface area contributed by atoms with Gasteiger partial charge in [0.2, 0.25) is 0 Å². The highest BCUT2D eigenvalue weighted by Crippen LogP contribution is 2.22. The molecule has 1 aromatic rings. The molecule has 0 radical (unpaired) electrons. The van der Waals surface area contributed by atoms with Crippen molar-refractivity contribution in [2.45, 2.75) is 44.9 Å². The van der Waals surface area contributed by atoms with Gasteiger partial charge in [0, 0.05) is 51.4 Å². The minimum atomic E-state index is -0.882. The fourth-order valence-corrected chi connectivity index (χ4v) is 4.47. The molecule has 0 spiro atoms. The summed E-state index contributed by atoms with van der Waals surface area (Å²) in [6, 6.07) is 8.98. The molecular weight excluding hydrogens is 422 g/mol. The van der Waals surface area contributed by atoms with E-state index in [0.29, 0.717) is 36.6 Å². The minimum absolute atomic E-state index is 0.120. The molecule has 1 aromatic carbocycles. The van der Waals surface area contributed by atoms with Crippen LogP contribution < -0.4 is 4.74 Å². The number of carbonyl (C=O) groups is 1. The lowest BCUT2D eigenvalue weighted by atomic mass is 10.1. The number of fused-ring (bicyclic) bond motifs is 2. The maximum absolute atomic E-state index is 11.6. The Hall–Kier alpha value is -2.85. The van der Waals surface area contributed by atoms with Crippen LogP contribution in [0.15, 0.2) is 18.2 Å². The Morgan fingerprint density at radius 1 is 1.15 bits per heavy atom. The normalized spacial score (nSPS) is 21.1. The van der Waals surface area contributed by atoms with Gasteiger partial charge in [0.05, 0.1) is 36.0 Å². The van der Waals surface area contributed by atoms with Gasteiger partial charge in [-0.25, -0.2) is 4.79 Å². The van der Waals surface area contributed by atoms with Gasteiger partial charge in [-0.2, -0.15) is 10.5 Å². The highest BCUT2D eigenvalue weighted by molar-refractivity contribution is 5.66. The summed E-state index contributed by atoms with van der Waals surface area (Å²) in [4.78, 5) is 17.8. The van der Waals surface area contributed by atoms with Crippen molar-refractivity contribution in [3.63, 3.8) is 0 Å². The van der Waals surface area contributed by atoms with Gasteiger partial charge in [-0.3, -0.25) is 9.80 Å². The summed E-state index contributed by atoms with van der Waals surface area (Å²) < 4.78 is 11.9. The smallest absolute Gasteiger partial charge is 0.407 e. The standard InChI is InChI=1S/C24H33N5O4/c1-24(2,3)29(23(30)31)9-8-28-16-20-14-27(15-21(17-28)33-20)7-4-10-32-22-6-5-18(12-25)11-19(22)13-26/h5-6,11,20-21H,4,7-10,14-17H2,1-3H3,(H,30,31). The molecule has 2 heterocycles. The Morgan fingerprint density at radius 2 is 1.79 bits per heavy atom. The van der Waals surface area contributed by atoms with Crippen LogP contribution in [0.1, 0.15) is 38.3 Å². The number of hydrogen-bond donors (Lipinski definition) is 1. The molecule has 1 amide bonds. The van der Waals surface area contributed by atoms with Crippen molar-refractivity contribution < 1.29 is 19.4 Å². The summed E-state index contributed by atoms with van der Waals surface area (Å²) in [5.74, 6) is 0.511. The second kappa shape index (κ2) is 10.8. The lowest BCUT2D eigenvalue weighted by Gasteiger charge is -2.46. The van der Waals surface area contributed by atoms with Crippen molar-refractivity contribution in [3.8, 4) is 17.9 Å². The molecule has 9 nitrogen and oxygen atoms in total. The molecule has 2 atom stereocenters. The first-order valence-electron chi connectivity index (χ1n) is 11.4. The molecule has 0 saturated carbocycles. The van der Waals surface area contributed by atoms with Gasteiger partial charge < -0.3 is 19.5 Å². The number of morpholine rings is 2. The van der Waals surface area contributed by atoms with Crippen LogP contribution in [-0.4, -0.2) is 96.1 Å². The lowest BCUT2D eigenvalue weighted by Crippen LogP contribution is -2.60. The molecule has 178 valence electrons. The average Bonchev–Trinajstić information content (AvgIpc) is 2.75. The molecule has 2 unspecified atom stereocenters. The molecule has 1 N–H and O–H groups in total. The van der Waals surface area contributed by atoms with E-state index >= 15 is 0 Å². The molecule has 0 aliphatic carbocycles. The van der Waals surface area contributed by atoms with Crippen molar-refractivity contribution in [3.05, 3.63) is 29.3 Å². The van der Waals surface area contributed by atoms with Crippen molar-refractivity contribution in [2.24, 2.45) is 0 Å². The largest absolute Gasteiger partial charge is 0.492 e. The molecule has 2 aliphatic rings. The molecule has 2 bridgehead atoms. The van der Waals surface area contributed by atoms with Gasteiger partial charge >= 0.3 is 6.09 Å². The second-order valence-electron chi connectivity index (χ2n) is 9.64. The molecule has 33 heavy (non-hydrogen) atoms. The fourth-order valence-electron chi connectivity index (χ4n) is 4.47. The van der Waals surface area contributed by atoms with Gasteiger partial charge in [0.15, 0.2) is 0 Å². The lowest BCUT2D eigenvalue weighted by molar-refractivity contribution is -0.139. The summed E-state index contributed by atoms with van der Waals surface area (Å²) in [6.07, 6.45) is 0.185. The van der Waals surface area contributed by atoms with Gasteiger partial charge in [-0.1, -0.05) is 0 Å². The fraction of sp³-hybridized carbons (Fsp3) is 0.625. The van der Waals surface area contributed by atoms with Crippen LogP contribution in [0, 0.1) is 22.7 Å². The number of ether oxygens (including phenoxy) is 2. The first-order valence-corrected chi connectivity index (χ1v) is 11.4. The van der Waals surface area contributed by atoms with E-state index in [2.05, 4.69) is 15.9 Å². The molecule has 2 fully saturated rings. The maximum atomic E-state index is 11.6.